The minimum absolute atomic E-state index is 0.0908. The first-order chi connectivity index (χ1) is 13.3. The number of benzene rings is 2. The molecule has 2 aromatic carbocycles. The summed E-state index contributed by atoms with van der Waals surface area (Å²) in [6.45, 7) is 0.830. The molecule has 1 saturated heterocycles. The van der Waals surface area contributed by atoms with Crippen LogP contribution < -0.4 is 4.74 Å². The van der Waals surface area contributed by atoms with Crippen molar-refractivity contribution in [3.05, 3.63) is 64.2 Å². The highest BCUT2D eigenvalue weighted by Gasteiger charge is 2.30. The molecule has 0 radical (unpaired) electrons. The number of carbonyl (C=O) groups is 1. The number of rotatable bonds is 5. The van der Waals surface area contributed by atoms with Crippen LogP contribution in [0.25, 0.3) is 0 Å². The molecule has 28 heavy (non-hydrogen) atoms. The van der Waals surface area contributed by atoms with Crippen LogP contribution in [0, 0.1) is 10.1 Å². The Hall–Kier alpha value is -2.98. The first-order valence-corrected chi connectivity index (χ1v) is 9.95. The second-order valence-electron chi connectivity index (χ2n) is 6.18. The van der Waals surface area contributed by atoms with Gasteiger partial charge in [-0.2, -0.15) is 4.31 Å². The van der Waals surface area contributed by atoms with Crippen molar-refractivity contribution in [2.75, 3.05) is 33.3 Å². The van der Waals surface area contributed by atoms with Crippen molar-refractivity contribution in [3.8, 4) is 5.75 Å². The average molecular weight is 405 g/mol. The fourth-order valence-corrected chi connectivity index (χ4v) is 4.36. The summed E-state index contributed by atoms with van der Waals surface area (Å²) in [4.78, 5) is 24.4. The van der Waals surface area contributed by atoms with Gasteiger partial charge in [-0.15, -0.1) is 0 Å². The summed E-state index contributed by atoms with van der Waals surface area (Å²) >= 11 is 0. The minimum atomic E-state index is -3.65. The van der Waals surface area contributed by atoms with E-state index in [0.29, 0.717) is 11.3 Å². The number of sulfonamides is 1. The van der Waals surface area contributed by atoms with E-state index in [1.54, 1.807) is 17.0 Å². The van der Waals surface area contributed by atoms with Crippen molar-refractivity contribution >= 4 is 21.6 Å². The molecule has 0 N–H and O–H groups in total. The zero-order valence-electron chi connectivity index (χ0n) is 15.1. The number of ether oxygens (including phenoxy) is 1. The van der Waals surface area contributed by atoms with E-state index in [0.717, 1.165) is 0 Å². The van der Waals surface area contributed by atoms with E-state index in [1.807, 2.05) is 0 Å². The molecule has 0 bridgehead atoms. The molecule has 1 heterocycles. The van der Waals surface area contributed by atoms with Gasteiger partial charge in [0.15, 0.2) is 0 Å². The standard InChI is InChI=1S/C18H19N3O6S/c1-27-16-6-8-17(9-7-16)28(25,26)20-12-10-19(11-13-20)18(22)14-2-4-15(5-3-14)21(23)24/h2-9H,10-13H2,1H3. The molecule has 2 aromatic rings. The van der Waals surface area contributed by atoms with Gasteiger partial charge in [0.05, 0.1) is 16.9 Å². The number of methoxy groups -OCH3 is 1. The molecular formula is C18H19N3O6S. The zero-order chi connectivity index (χ0) is 20.3. The third kappa shape index (κ3) is 3.97. The topological polar surface area (TPSA) is 110 Å². The highest BCUT2D eigenvalue weighted by molar-refractivity contribution is 7.89. The van der Waals surface area contributed by atoms with Gasteiger partial charge in [0.25, 0.3) is 11.6 Å². The van der Waals surface area contributed by atoms with Crippen LogP contribution in [-0.4, -0.2) is 61.7 Å². The number of amides is 1. The van der Waals surface area contributed by atoms with Crippen LogP contribution in [0.5, 0.6) is 5.75 Å². The zero-order valence-corrected chi connectivity index (χ0v) is 16.0. The second-order valence-corrected chi connectivity index (χ2v) is 8.11. The Balaban J connectivity index is 1.66. The molecule has 1 aliphatic rings. The lowest BCUT2D eigenvalue weighted by Gasteiger charge is -2.34. The largest absolute Gasteiger partial charge is 0.497 e. The summed E-state index contributed by atoms with van der Waals surface area (Å²) in [7, 11) is -2.15. The first-order valence-electron chi connectivity index (χ1n) is 8.51. The molecule has 1 amide bonds. The van der Waals surface area contributed by atoms with Crippen LogP contribution in [0.15, 0.2) is 53.4 Å². The van der Waals surface area contributed by atoms with Gasteiger partial charge in [0.2, 0.25) is 10.0 Å². The van der Waals surface area contributed by atoms with E-state index in [4.69, 9.17) is 4.74 Å². The Morgan fingerprint density at radius 2 is 1.57 bits per heavy atom. The van der Waals surface area contributed by atoms with E-state index in [1.165, 1.54) is 47.8 Å². The Morgan fingerprint density at radius 3 is 2.07 bits per heavy atom. The predicted molar refractivity (Wildman–Crippen MR) is 101 cm³/mol. The Bertz CT molecular complexity index is 965. The monoisotopic (exact) mass is 405 g/mol. The lowest BCUT2D eigenvalue weighted by molar-refractivity contribution is -0.384. The van der Waals surface area contributed by atoms with Gasteiger partial charge >= 0.3 is 0 Å². The summed E-state index contributed by atoms with van der Waals surface area (Å²) in [6.07, 6.45) is 0. The van der Waals surface area contributed by atoms with Gasteiger partial charge in [-0.1, -0.05) is 0 Å². The van der Waals surface area contributed by atoms with Crippen molar-refractivity contribution in [1.29, 1.82) is 0 Å². The Kier molecular flexibility index (Phi) is 5.61. The maximum Gasteiger partial charge on any atom is 0.269 e. The van der Waals surface area contributed by atoms with Gasteiger partial charge in [0, 0.05) is 43.9 Å². The smallest absolute Gasteiger partial charge is 0.269 e. The number of non-ortho nitro benzene ring substituents is 1. The van der Waals surface area contributed by atoms with E-state index in [9.17, 15) is 23.3 Å². The SMILES string of the molecule is COc1ccc(S(=O)(=O)N2CCN(C(=O)c3ccc([N+](=O)[O-])cc3)CC2)cc1. The van der Waals surface area contributed by atoms with Crippen LogP contribution in [-0.2, 0) is 10.0 Å². The molecule has 1 fully saturated rings. The van der Waals surface area contributed by atoms with Crippen molar-refractivity contribution in [3.63, 3.8) is 0 Å². The second kappa shape index (κ2) is 7.95. The van der Waals surface area contributed by atoms with Crippen molar-refractivity contribution in [2.45, 2.75) is 4.90 Å². The van der Waals surface area contributed by atoms with Crippen molar-refractivity contribution in [1.82, 2.24) is 9.21 Å². The van der Waals surface area contributed by atoms with E-state index in [-0.39, 0.29) is 42.7 Å². The van der Waals surface area contributed by atoms with E-state index < -0.39 is 14.9 Å². The molecule has 9 nitrogen and oxygen atoms in total. The van der Waals surface area contributed by atoms with Crippen molar-refractivity contribution in [2.24, 2.45) is 0 Å². The molecule has 0 aliphatic carbocycles. The summed E-state index contributed by atoms with van der Waals surface area (Å²) in [5, 5.41) is 10.7. The number of nitrogens with zero attached hydrogens (tertiary/aromatic N) is 3. The highest BCUT2D eigenvalue weighted by atomic mass is 32.2. The maximum absolute atomic E-state index is 12.8. The number of nitro benzene ring substituents is 1. The maximum atomic E-state index is 12.8. The third-order valence-corrected chi connectivity index (χ3v) is 6.46. The van der Waals surface area contributed by atoms with Crippen LogP contribution in [0.1, 0.15) is 10.4 Å². The van der Waals surface area contributed by atoms with Crippen LogP contribution in [0.3, 0.4) is 0 Å². The van der Waals surface area contributed by atoms with E-state index >= 15 is 0 Å². The fourth-order valence-electron chi connectivity index (χ4n) is 2.94. The number of carbonyl (C=O) groups excluding carboxylic acids is 1. The van der Waals surface area contributed by atoms with Crippen molar-refractivity contribution < 1.29 is 22.9 Å². The molecule has 0 aromatic heterocycles. The minimum Gasteiger partial charge on any atom is -0.497 e. The normalized spacial score (nSPS) is 15.2. The number of hydrogen-bond donors (Lipinski definition) is 0. The average Bonchev–Trinajstić information content (AvgIpc) is 2.73. The molecule has 0 saturated carbocycles. The fraction of sp³-hybridized carbons (Fsp3) is 0.278. The molecule has 148 valence electrons. The summed E-state index contributed by atoms with van der Waals surface area (Å²) in [5.41, 5.74) is 0.240. The summed E-state index contributed by atoms with van der Waals surface area (Å²) < 4.78 is 31.9. The summed E-state index contributed by atoms with van der Waals surface area (Å²) in [5.74, 6) is 0.286. The van der Waals surface area contributed by atoms with Gasteiger partial charge in [-0.3, -0.25) is 14.9 Å². The lowest BCUT2D eigenvalue weighted by atomic mass is 10.1. The Morgan fingerprint density at radius 1 is 1.00 bits per heavy atom. The number of piperazine rings is 1. The quantitative estimate of drug-likeness (QED) is 0.554. The molecule has 0 spiro atoms. The molecule has 0 unspecified atom stereocenters. The van der Waals surface area contributed by atoms with Gasteiger partial charge in [-0.05, 0) is 36.4 Å². The third-order valence-electron chi connectivity index (χ3n) is 4.55. The molecule has 0 atom stereocenters. The molecule has 1 aliphatic heterocycles. The molecular weight excluding hydrogens is 386 g/mol. The predicted octanol–water partition coefficient (Wildman–Crippen LogP) is 1.75. The molecule has 10 heteroatoms. The number of nitro groups is 1. The van der Waals surface area contributed by atoms with Crippen LogP contribution in [0.4, 0.5) is 5.69 Å². The Labute approximate surface area is 162 Å². The number of hydrogen-bond acceptors (Lipinski definition) is 6. The first kappa shape index (κ1) is 19.8. The van der Waals surface area contributed by atoms with Crippen LogP contribution in [0.2, 0.25) is 0 Å². The van der Waals surface area contributed by atoms with Gasteiger partial charge < -0.3 is 9.64 Å². The summed E-state index contributed by atoms with van der Waals surface area (Å²) in [6, 6.07) is 11.5. The van der Waals surface area contributed by atoms with Gasteiger partial charge in [-0.25, -0.2) is 8.42 Å². The van der Waals surface area contributed by atoms with Gasteiger partial charge in [0.1, 0.15) is 5.75 Å². The highest BCUT2D eigenvalue weighted by Crippen LogP contribution is 2.21. The van der Waals surface area contributed by atoms with E-state index in [2.05, 4.69) is 0 Å². The molecule has 3 rings (SSSR count). The van der Waals surface area contributed by atoms with Crippen LogP contribution >= 0.6 is 0 Å². The lowest BCUT2D eigenvalue weighted by Crippen LogP contribution is -2.50.